The van der Waals surface area contributed by atoms with Gasteiger partial charge in [-0.15, -0.1) is 0 Å². The van der Waals surface area contributed by atoms with Crippen molar-refractivity contribution in [2.45, 2.75) is 43.9 Å². The Morgan fingerprint density at radius 3 is 2.31 bits per heavy atom. The number of benzene rings is 2. The predicted molar refractivity (Wildman–Crippen MR) is 107 cm³/mol. The van der Waals surface area contributed by atoms with E-state index < -0.39 is 17.0 Å². The standard InChI is InChI=1S/C23H27F2NO3/c1-28-19-10-8-16(14-20(19)29-2)9-11-21(27)26-15-23(12-3-4-13-23)22-17(24)6-5-7-18(22)25/h5-8,10,14H,3-4,9,11-13,15H2,1-2H3,(H,26,27). The lowest BCUT2D eigenvalue weighted by atomic mass is 9.78. The van der Waals surface area contributed by atoms with Gasteiger partial charge in [0.15, 0.2) is 11.5 Å². The second-order valence-electron chi connectivity index (χ2n) is 7.55. The summed E-state index contributed by atoms with van der Waals surface area (Å²) in [4.78, 5) is 12.4. The van der Waals surface area contributed by atoms with Crippen LogP contribution in [0.4, 0.5) is 8.78 Å². The Balaban J connectivity index is 1.63. The molecule has 0 radical (unpaired) electrons. The number of aryl methyl sites for hydroxylation is 1. The third-order valence-corrected chi connectivity index (χ3v) is 5.77. The third kappa shape index (κ3) is 4.69. The predicted octanol–water partition coefficient (Wildman–Crippen LogP) is 4.54. The molecule has 1 N–H and O–H groups in total. The molecule has 1 fully saturated rings. The summed E-state index contributed by atoms with van der Waals surface area (Å²) in [5.74, 6) is 0.0434. The Labute approximate surface area is 170 Å². The first-order valence-electron chi connectivity index (χ1n) is 9.91. The fourth-order valence-corrected chi connectivity index (χ4v) is 4.22. The zero-order chi connectivity index (χ0) is 20.9. The van der Waals surface area contributed by atoms with Crippen molar-refractivity contribution in [1.29, 1.82) is 0 Å². The van der Waals surface area contributed by atoms with Gasteiger partial charge in [0.2, 0.25) is 5.91 Å². The molecule has 1 aliphatic rings. The molecular formula is C23H27F2NO3. The monoisotopic (exact) mass is 403 g/mol. The first kappa shape index (κ1) is 21.1. The molecule has 1 aliphatic carbocycles. The van der Waals surface area contributed by atoms with Crippen LogP contribution in [-0.4, -0.2) is 26.7 Å². The van der Waals surface area contributed by atoms with Crippen molar-refractivity contribution in [3.8, 4) is 11.5 Å². The van der Waals surface area contributed by atoms with Gasteiger partial charge in [-0.1, -0.05) is 25.0 Å². The van der Waals surface area contributed by atoms with Gasteiger partial charge < -0.3 is 14.8 Å². The molecule has 2 aromatic rings. The highest BCUT2D eigenvalue weighted by Crippen LogP contribution is 2.42. The number of halogens is 2. The molecule has 1 saturated carbocycles. The molecule has 0 heterocycles. The molecule has 4 nitrogen and oxygen atoms in total. The number of carbonyl (C=O) groups excluding carboxylic acids is 1. The number of hydrogen-bond acceptors (Lipinski definition) is 3. The van der Waals surface area contributed by atoms with Gasteiger partial charge in [0.05, 0.1) is 14.2 Å². The zero-order valence-electron chi connectivity index (χ0n) is 16.9. The number of ether oxygens (including phenoxy) is 2. The fraction of sp³-hybridized carbons (Fsp3) is 0.435. The lowest BCUT2D eigenvalue weighted by Gasteiger charge is -2.30. The molecule has 0 bridgehead atoms. The minimum atomic E-state index is -0.672. The number of carbonyl (C=O) groups is 1. The molecule has 0 saturated heterocycles. The molecule has 1 amide bonds. The van der Waals surface area contributed by atoms with Crippen LogP contribution in [0, 0.1) is 11.6 Å². The van der Waals surface area contributed by atoms with Crippen molar-refractivity contribution >= 4 is 5.91 Å². The van der Waals surface area contributed by atoms with Crippen LogP contribution in [0.25, 0.3) is 0 Å². The summed E-state index contributed by atoms with van der Waals surface area (Å²) in [7, 11) is 3.14. The van der Waals surface area contributed by atoms with Crippen LogP contribution in [0.5, 0.6) is 11.5 Å². The molecule has 0 unspecified atom stereocenters. The Morgan fingerprint density at radius 2 is 1.69 bits per heavy atom. The van der Waals surface area contributed by atoms with Crippen LogP contribution in [-0.2, 0) is 16.6 Å². The molecule has 0 aliphatic heterocycles. The first-order valence-corrected chi connectivity index (χ1v) is 9.91. The summed E-state index contributed by atoms with van der Waals surface area (Å²) in [6.07, 6.45) is 3.95. The van der Waals surface area contributed by atoms with Crippen LogP contribution < -0.4 is 14.8 Å². The summed E-state index contributed by atoms with van der Waals surface area (Å²) in [6, 6.07) is 9.49. The van der Waals surface area contributed by atoms with E-state index in [1.54, 1.807) is 20.3 Å². The maximum Gasteiger partial charge on any atom is 0.220 e. The van der Waals surface area contributed by atoms with Gasteiger partial charge in [0.1, 0.15) is 11.6 Å². The van der Waals surface area contributed by atoms with Crippen molar-refractivity contribution in [2.24, 2.45) is 0 Å². The van der Waals surface area contributed by atoms with E-state index in [9.17, 15) is 13.6 Å². The summed E-state index contributed by atoms with van der Waals surface area (Å²) in [6.45, 7) is 0.246. The van der Waals surface area contributed by atoms with Crippen molar-refractivity contribution in [3.05, 3.63) is 59.2 Å². The summed E-state index contributed by atoms with van der Waals surface area (Å²) in [5.41, 5.74) is 0.389. The van der Waals surface area contributed by atoms with Crippen molar-refractivity contribution in [1.82, 2.24) is 5.32 Å². The number of hydrogen-bond donors (Lipinski definition) is 1. The van der Waals surface area contributed by atoms with Crippen LogP contribution in [0.1, 0.15) is 43.2 Å². The number of methoxy groups -OCH3 is 2. The van der Waals surface area contributed by atoms with Crippen molar-refractivity contribution in [2.75, 3.05) is 20.8 Å². The van der Waals surface area contributed by atoms with Gasteiger partial charge in [0, 0.05) is 23.9 Å². The van der Waals surface area contributed by atoms with E-state index in [2.05, 4.69) is 5.32 Å². The van der Waals surface area contributed by atoms with E-state index in [1.807, 2.05) is 12.1 Å². The summed E-state index contributed by atoms with van der Waals surface area (Å²) in [5, 5.41) is 2.91. The highest BCUT2D eigenvalue weighted by Gasteiger charge is 2.40. The molecule has 6 heteroatoms. The van der Waals surface area contributed by atoms with E-state index in [-0.39, 0.29) is 24.4 Å². The Morgan fingerprint density at radius 1 is 1.03 bits per heavy atom. The SMILES string of the molecule is COc1ccc(CCC(=O)NCC2(c3c(F)cccc3F)CCCC2)cc1OC. The molecule has 0 spiro atoms. The van der Waals surface area contributed by atoms with Crippen molar-refractivity contribution in [3.63, 3.8) is 0 Å². The highest BCUT2D eigenvalue weighted by molar-refractivity contribution is 5.76. The maximum absolute atomic E-state index is 14.4. The van der Waals surface area contributed by atoms with E-state index in [0.717, 1.165) is 18.4 Å². The van der Waals surface area contributed by atoms with Gasteiger partial charge in [-0.2, -0.15) is 0 Å². The largest absolute Gasteiger partial charge is 0.493 e. The molecule has 2 aromatic carbocycles. The zero-order valence-corrected chi connectivity index (χ0v) is 16.9. The molecule has 0 aromatic heterocycles. The average molecular weight is 403 g/mol. The Bertz CT molecular complexity index is 843. The van der Waals surface area contributed by atoms with Crippen LogP contribution in [0.15, 0.2) is 36.4 Å². The van der Waals surface area contributed by atoms with E-state index in [4.69, 9.17) is 9.47 Å². The molecular weight excluding hydrogens is 376 g/mol. The van der Waals surface area contributed by atoms with Gasteiger partial charge in [-0.25, -0.2) is 8.78 Å². The number of rotatable bonds is 8. The van der Waals surface area contributed by atoms with Crippen LogP contribution in [0.2, 0.25) is 0 Å². The highest BCUT2D eigenvalue weighted by atomic mass is 19.1. The van der Waals surface area contributed by atoms with Crippen LogP contribution >= 0.6 is 0 Å². The molecule has 3 rings (SSSR count). The fourth-order valence-electron chi connectivity index (χ4n) is 4.22. The van der Waals surface area contributed by atoms with Crippen LogP contribution in [0.3, 0.4) is 0 Å². The van der Waals surface area contributed by atoms with E-state index >= 15 is 0 Å². The normalized spacial score (nSPS) is 15.2. The van der Waals surface area contributed by atoms with Gasteiger partial charge in [0.25, 0.3) is 0 Å². The molecule has 29 heavy (non-hydrogen) atoms. The Kier molecular flexibility index (Phi) is 6.72. The maximum atomic E-state index is 14.4. The van der Waals surface area contributed by atoms with Gasteiger partial charge in [-0.3, -0.25) is 4.79 Å². The smallest absolute Gasteiger partial charge is 0.220 e. The Hall–Kier alpha value is -2.63. The second-order valence-corrected chi connectivity index (χ2v) is 7.55. The summed E-state index contributed by atoms with van der Waals surface area (Å²) >= 11 is 0. The number of amides is 1. The average Bonchev–Trinajstić information content (AvgIpc) is 3.20. The lowest BCUT2D eigenvalue weighted by molar-refractivity contribution is -0.121. The number of nitrogens with one attached hydrogen (secondary N) is 1. The summed E-state index contributed by atoms with van der Waals surface area (Å²) < 4.78 is 39.3. The van der Waals surface area contributed by atoms with Crippen molar-refractivity contribution < 1.29 is 23.0 Å². The molecule has 0 atom stereocenters. The lowest BCUT2D eigenvalue weighted by Crippen LogP contribution is -2.40. The topological polar surface area (TPSA) is 47.6 Å². The van der Waals surface area contributed by atoms with E-state index in [0.29, 0.717) is 30.8 Å². The molecule has 156 valence electrons. The first-order chi connectivity index (χ1) is 14.0. The minimum absolute atomic E-state index is 0.109. The van der Waals surface area contributed by atoms with Gasteiger partial charge >= 0.3 is 0 Å². The van der Waals surface area contributed by atoms with Gasteiger partial charge in [-0.05, 0) is 49.1 Å². The van der Waals surface area contributed by atoms with E-state index in [1.165, 1.54) is 18.2 Å². The third-order valence-electron chi connectivity index (χ3n) is 5.77. The quantitative estimate of drug-likeness (QED) is 0.704. The minimum Gasteiger partial charge on any atom is -0.493 e. The second kappa shape index (κ2) is 9.25.